The number of benzene rings is 1. The van der Waals surface area contributed by atoms with Crippen LogP contribution in [0.15, 0.2) is 53.7 Å². The van der Waals surface area contributed by atoms with Crippen molar-refractivity contribution in [2.45, 2.75) is 69.9 Å². The summed E-state index contributed by atoms with van der Waals surface area (Å²) in [4.78, 5) is 16.9. The SMILES string of the molecule is CCCOC1CCC(CC(=O)N(O)N(Cc2ccncc2)S(=O)(=O)c2ccc(OCC)cc2)CC1. The van der Waals surface area contributed by atoms with E-state index in [1.165, 1.54) is 24.5 Å². The highest BCUT2D eigenvalue weighted by molar-refractivity contribution is 7.89. The number of carbonyl (C=O) groups is 1. The minimum atomic E-state index is -4.24. The highest BCUT2D eigenvalue weighted by Crippen LogP contribution is 2.30. The molecular weight excluding hydrogens is 470 g/mol. The lowest BCUT2D eigenvalue weighted by atomic mass is 9.85. The second-order valence-corrected chi connectivity index (χ2v) is 10.5. The van der Waals surface area contributed by atoms with Gasteiger partial charge in [0.15, 0.2) is 0 Å². The van der Waals surface area contributed by atoms with Crippen LogP contribution in [-0.4, -0.2) is 53.4 Å². The number of rotatable bonds is 12. The molecule has 1 aromatic carbocycles. The lowest BCUT2D eigenvalue weighted by Gasteiger charge is -2.32. The maximum Gasteiger partial charge on any atom is 0.262 e. The van der Waals surface area contributed by atoms with Gasteiger partial charge in [-0.15, -0.1) is 5.17 Å². The number of nitrogens with zero attached hydrogens (tertiary/aromatic N) is 3. The zero-order chi connectivity index (χ0) is 25.3. The fourth-order valence-electron chi connectivity index (χ4n) is 4.13. The van der Waals surface area contributed by atoms with Crippen LogP contribution in [0.1, 0.15) is 57.9 Å². The van der Waals surface area contributed by atoms with Crippen LogP contribution in [0.4, 0.5) is 0 Å². The number of pyridine rings is 1. The van der Waals surface area contributed by atoms with Gasteiger partial charge in [-0.1, -0.05) is 11.3 Å². The molecule has 1 aliphatic carbocycles. The smallest absolute Gasteiger partial charge is 0.262 e. The zero-order valence-electron chi connectivity index (χ0n) is 20.4. The molecule has 35 heavy (non-hydrogen) atoms. The van der Waals surface area contributed by atoms with E-state index in [9.17, 15) is 18.4 Å². The molecule has 9 nitrogen and oxygen atoms in total. The monoisotopic (exact) mass is 505 g/mol. The lowest BCUT2D eigenvalue weighted by Crippen LogP contribution is -2.47. The average Bonchev–Trinajstić information content (AvgIpc) is 2.87. The van der Waals surface area contributed by atoms with Crippen LogP contribution in [0.2, 0.25) is 0 Å². The van der Waals surface area contributed by atoms with E-state index in [0.29, 0.717) is 22.3 Å². The second-order valence-electron chi connectivity index (χ2n) is 8.65. The van der Waals surface area contributed by atoms with E-state index in [-0.39, 0.29) is 35.1 Å². The summed E-state index contributed by atoms with van der Waals surface area (Å²) in [5.41, 5.74) is 0.579. The Balaban J connectivity index is 1.75. The normalized spacial score (nSPS) is 18.4. The van der Waals surface area contributed by atoms with Crippen molar-refractivity contribution in [1.29, 1.82) is 0 Å². The largest absolute Gasteiger partial charge is 0.494 e. The average molecular weight is 506 g/mol. The van der Waals surface area contributed by atoms with E-state index >= 15 is 0 Å². The number of hydrazine groups is 1. The maximum atomic E-state index is 13.5. The topological polar surface area (TPSA) is 109 Å². The Kier molecular flexibility index (Phi) is 10.0. The number of sulfonamides is 1. The van der Waals surface area contributed by atoms with Gasteiger partial charge in [0.25, 0.3) is 15.9 Å². The first-order valence-electron chi connectivity index (χ1n) is 12.1. The van der Waals surface area contributed by atoms with Crippen molar-refractivity contribution >= 4 is 15.9 Å². The van der Waals surface area contributed by atoms with E-state index in [1.54, 1.807) is 24.3 Å². The molecule has 2 aromatic rings. The molecule has 0 unspecified atom stereocenters. The molecule has 10 heteroatoms. The van der Waals surface area contributed by atoms with Crippen LogP contribution in [0.25, 0.3) is 0 Å². The van der Waals surface area contributed by atoms with E-state index in [0.717, 1.165) is 38.7 Å². The highest BCUT2D eigenvalue weighted by atomic mass is 32.2. The molecule has 0 radical (unpaired) electrons. The first-order valence-corrected chi connectivity index (χ1v) is 13.6. The number of hydroxylamine groups is 1. The number of hydrogen-bond donors (Lipinski definition) is 1. The van der Waals surface area contributed by atoms with Crippen molar-refractivity contribution in [1.82, 2.24) is 14.6 Å². The van der Waals surface area contributed by atoms with Crippen molar-refractivity contribution < 1.29 is 27.9 Å². The Labute approximate surface area is 207 Å². The summed E-state index contributed by atoms with van der Waals surface area (Å²) in [5.74, 6) is -0.0661. The third kappa shape index (κ3) is 7.47. The number of amides is 1. The van der Waals surface area contributed by atoms with Gasteiger partial charge in [-0.05, 0) is 86.9 Å². The lowest BCUT2D eigenvalue weighted by molar-refractivity contribution is -0.214. The van der Waals surface area contributed by atoms with Gasteiger partial charge in [0.05, 0.1) is 24.2 Å². The van der Waals surface area contributed by atoms with Crippen LogP contribution in [0, 0.1) is 5.92 Å². The molecule has 0 saturated heterocycles. The minimum absolute atomic E-state index is 0.0582. The molecule has 0 aliphatic heterocycles. The van der Waals surface area contributed by atoms with Gasteiger partial charge in [-0.3, -0.25) is 15.0 Å². The van der Waals surface area contributed by atoms with Crippen LogP contribution in [0.3, 0.4) is 0 Å². The first kappa shape index (κ1) is 27.1. The molecule has 0 atom stereocenters. The third-order valence-corrected chi connectivity index (χ3v) is 7.73. The van der Waals surface area contributed by atoms with Gasteiger partial charge in [-0.2, -0.15) is 0 Å². The fourth-order valence-corrected chi connectivity index (χ4v) is 5.47. The van der Waals surface area contributed by atoms with Gasteiger partial charge in [-0.25, -0.2) is 8.42 Å². The number of aromatic nitrogens is 1. The molecule has 3 rings (SSSR count). The van der Waals surface area contributed by atoms with E-state index in [2.05, 4.69) is 11.9 Å². The first-order chi connectivity index (χ1) is 16.8. The second kappa shape index (κ2) is 13.0. The quantitative estimate of drug-likeness (QED) is 0.340. The summed E-state index contributed by atoms with van der Waals surface area (Å²) < 4.78 is 38.9. The van der Waals surface area contributed by atoms with Crippen LogP contribution in [-0.2, 0) is 26.1 Å². The Hall–Kier alpha value is -2.53. The van der Waals surface area contributed by atoms with Crippen molar-refractivity contribution in [3.8, 4) is 5.75 Å². The summed E-state index contributed by atoms with van der Waals surface area (Å²) in [6.45, 7) is 4.86. The van der Waals surface area contributed by atoms with Crippen LogP contribution in [0.5, 0.6) is 5.75 Å². The number of carbonyl (C=O) groups excluding carboxylic acids is 1. The van der Waals surface area contributed by atoms with E-state index < -0.39 is 15.9 Å². The third-order valence-electron chi connectivity index (χ3n) is 6.03. The summed E-state index contributed by atoms with van der Waals surface area (Å²) in [5, 5.41) is 11.1. The van der Waals surface area contributed by atoms with Gasteiger partial charge in [0.1, 0.15) is 5.75 Å². The summed E-state index contributed by atoms with van der Waals surface area (Å²) >= 11 is 0. The van der Waals surface area contributed by atoms with Gasteiger partial charge in [0, 0.05) is 25.4 Å². The van der Waals surface area contributed by atoms with Crippen LogP contribution < -0.4 is 4.74 Å². The predicted octanol–water partition coefficient (Wildman–Crippen LogP) is 4.18. The molecule has 1 amide bonds. The molecule has 192 valence electrons. The summed E-state index contributed by atoms with van der Waals surface area (Å²) in [6, 6.07) is 9.16. The standard InChI is InChI=1S/C25H35N3O6S/c1-3-17-34-23-7-5-20(6-8-23)18-25(29)28(30)27(19-21-13-15-26-16-14-21)35(31,32)24-11-9-22(10-12-24)33-4-2/h9-16,20,23,30H,3-8,17-19H2,1-2H3. The van der Waals surface area contributed by atoms with Crippen molar-refractivity contribution in [3.63, 3.8) is 0 Å². The van der Waals surface area contributed by atoms with Gasteiger partial charge >= 0.3 is 0 Å². The maximum absolute atomic E-state index is 13.5. The number of hydrogen-bond acceptors (Lipinski definition) is 7. The summed E-state index contributed by atoms with van der Waals surface area (Å²) in [7, 11) is -4.24. The Morgan fingerprint density at radius 1 is 1.06 bits per heavy atom. The van der Waals surface area contributed by atoms with E-state index in [1.807, 2.05) is 6.92 Å². The van der Waals surface area contributed by atoms with Crippen LogP contribution >= 0.6 is 0 Å². The van der Waals surface area contributed by atoms with Crippen molar-refractivity contribution in [3.05, 3.63) is 54.4 Å². The molecule has 0 spiro atoms. The Bertz CT molecular complexity index is 1020. The van der Waals surface area contributed by atoms with Gasteiger partial charge in [0.2, 0.25) is 0 Å². The summed E-state index contributed by atoms with van der Waals surface area (Å²) in [6.07, 6.45) is 7.59. The highest BCUT2D eigenvalue weighted by Gasteiger charge is 2.34. The molecule has 1 aromatic heterocycles. The molecule has 1 aliphatic rings. The molecule has 1 N–H and O–H groups in total. The molecule has 1 fully saturated rings. The zero-order valence-corrected chi connectivity index (χ0v) is 21.2. The number of ether oxygens (including phenoxy) is 2. The molecule has 1 heterocycles. The molecular formula is C25H35N3O6S. The minimum Gasteiger partial charge on any atom is -0.494 e. The Morgan fingerprint density at radius 2 is 1.71 bits per heavy atom. The van der Waals surface area contributed by atoms with Crippen molar-refractivity contribution in [2.75, 3.05) is 13.2 Å². The molecule has 0 bridgehead atoms. The van der Waals surface area contributed by atoms with Gasteiger partial charge < -0.3 is 9.47 Å². The Morgan fingerprint density at radius 3 is 2.31 bits per heavy atom. The van der Waals surface area contributed by atoms with E-state index in [4.69, 9.17) is 9.47 Å². The molecule has 1 saturated carbocycles. The van der Waals surface area contributed by atoms with Crippen molar-refractivity contribution in [2.24, 2.45) is 5.92 Å². The fraction of sp³-hybridized carbons (Fsp3) is 0.520. The predicted molar refractivity (Wildman–Crippen MR) is 130 cm³/mol.